The first-order valence-electron chi connectivity index (χ1n) is 6.49. The van der Waals surface area contributed by atoms with Gasteiger partial charge in [-0.15, -0.1) is 0 Å². The van der Waals surface area contributed by atoms with Gasteiger partial charge in [0.1, 0.15) is 0 Å². The van der Waals surface area contributed by atoms with E-state index in [0.717, 1.165) is 16.5 Å². The Balaban J connectivity index is 2.87. The van der Waals surface area contributed by atoms with E-state index in [4.69, 9.17) is 15.2 Å². The van der Waals surface area contributed by atoms with Crippen LogP contribution < -0.4 is 20.5 Å². The maximum absolute atomic E-state index is 11.4. The molecule has 3 N–H and O–H groups in total. The van der Waals surface area contributed by atoms with Gasteiger partial charge in [0, 0.05) is 12.6 Å². The molecule has 0 aliphatic rings. The molecule has 1 rings (SSSR count). The van der Waals surface area contributed by atoms with Crippen LogP contribution in [0.3, 0.4) is 0 Å². The summed E-state index contributed by atoms with van der Waals surface area (Å²) in [6.45, 7) is 4.33. The molecule has 0 spiro atoms. The number of methoxy groups -OCH3 is 1. The Morgan fingerprint density at radius 2 is 2.20 bits per heavy atom. The molecular formula is C14H21BrN2O3. The van der Waals surface area contributed by atoms with Crippen molar-refractivity contribution in [3.63, 3.8) is 0 Å². The van der Waals surface area contributed by atoms with E-state index in [1.165, 1.54) is 0 Å². The molecule has 5 nitrogen and oxygen atoms in total. The molecule has 0 radical (unpaired) electrons. The first-order chi connectivity index (χ1) is 9.47. The summed E-state index contributed by atoms with van der Waals surface area (Å²) < 4.78 is 11.6. The number of likely N-dealkylation sites (N-methyl/N-ethyl adjacent to an activating group) is 1. The number of halogens is 1. The van der Waals surface area contributed by atoms with Gasteiger partial charge in [0.25, 0.3) is 5.91 Å². The number of rotatable bonds is 7. The lowest BCUT2D eigenvalue weighted by atomic mass is 10.1. The highest BCUT2D eigenvalue weighted by Crippen LogP contribution is 2.36. The number of ether oxygens (including phenoxy) is 2. The van der Waals surface area contributed by atoms with Crippen LogP contribution in [0.5, 0.6) is 11.5 Å². The largest absolute Gasteiger partial charge is 0.493 e. The second-order valence-electron chi connectivity index (χ2n) is 4.53. The highest BCUT2D eigenvalue weighted by molar-refractivity contribution is 9.10. The fourth-order valence-electron chi connectivity index (χ4n) is 1.79. The van der Waals surface area contributed by atoms with Gasteiger partial charge in [-0.2, -0.15) is 0 Å². The molecule has 20 heavy (non-hydrogen) atoms. The third-order valence-electron chi connectivity index (χ3n) is 2.57. The molecule has 112 valence electrons. The summed E-state index contributed by atoms with van der Waals surface area (Å²) in [5, 5.41) is 2.67. The molecular weight excluding hydrogens is 324 g/mol. The molecule has 0 saturated heterocycles. The zero-order chi connectivity index (χ0) is 15.1. The minimum Gasteiger partial charge on any atom is -0.493 e. The zero-order valence-corrected chi connectivity index (χ0v) is 13.6. The molecule has 0 fully saturated rings. The highest BCUT2D eigenvalue weighted by atomic mass is 79.9. The lowest BCUT2D eigenvalue weighted by Crippen LogP contribution is -2.28. The van der Waals surface area contributed by atoms with E-state index in [1.54, 1.807) is 7.11 Å². The summed E-state index contributed by atoms with van der Waals surface area (Å²) in [6.07, 6.45) is 0.742. The number of hydrogen-bond donors (Lipinski definition) is 2. The summed E-state index contributed by atoms with van der Waals surface area (Å²) in [5.74, 6) is 0.938. The molecule has 0 saturated carbocycles. The number of benzene rings is 1. The molecule has 1 atom stereocenters. The third kappa shape index (κ3) is 5.02. The van der Waals surface area contributed by atoms with Crippen LogP contribution in [0.2, 0.25) is 0 Å². The number of carbonyl (C=O) groups is 1. The van der Waals surface area contributed by atoms with E-state index in [2.05, 4.69) is 21.2 Å². The van der Waals surface area contributed by atoms with Crippen LogP contribution >= 0.6 is 15.9 Å². The van der Waals surface area contributed by atoms with E-state index >= 15 is 0 Å². The van der Waals surface area contributed by atoms with Crippen LogP contribution in [0, 0.1) is 0 Å². The van der Waals surface area contributed by atoms with Crippen molar-refractivity contribution in [2.45, 2.75) is 26.3 Å². The fourth-order valence-corrected chi connectivity index (χ4v) is 2.39. The average Bonchev–Trinajstić information content (AvgIpc) is 2.36. The van der Waals surface area contributed by atoms with E-state index in [-0.39, 0.29) is 18.6 Å². The monoisotopic (exact) mass is 344 g/mol. The van der Waals surface area contributed by atoms with Gasteiger partial charge < -0.3 is 20.5 Å². The number of carbonyl (C=O) groups excluding carboxylic acids is 1. The molecule has 0 bridgehead atoms. The quantitative estimate of drug-likeness (QED) is 0.791. The Labute approximate surface area is 127 Å². The summed E-state index contributed by atoms with van der Waals surface area (Å²) >= 11 is 3.44. The Morgan fingerprint density at radius 1 is 1.50 bits per heavy atom. The standard InChI is InChI=1S/C14H21BrN2O3/c1-4-17-13(18)8-20-14-11(15)6-10(5-9(2)16)7-12(14)19-3/h6-7,9H,4-5,8,16H2,1-3H3,(H,17,18). The van der Waals surface area contributed by atoms with Crippen LogP contribution in [0.1, 0.15) is 19.4 Å². The van der Waals surface area contributed by atoms with Crippen molar-refractivity contribution < 1.29 is 14.3 Å². The van der Waals surface area contributed by atoms with Gasteiger partial charge in [0.15, 0.2) is 18.1 Å². The lowest BCUT2D eigenvalue weighted by molar-refractivity contribution is -0.123. The predicted molar refractivity (Wildman–Crippen MR) is 82.2 cm³/mol. The molecule has 0 aliphatic heterocycles. The number of nitrogens with one attached hydrogen (secondary N) is 1. The second kappa shape index (κ2) is 8.11. The van der Waals surface area contributed by atoms with E-state index in [9.17, 15) is 4.79 Å². The van der Waals surface area contributed by atoms with Crippen molar-refractivity contribution in [3.8, 4) is 11.5 Å². The molecule has 0 aromatic heterocycles. The van der Waals surface area contributed by atoms with Gasteiger partial charge in [-0.3, -0.25) is 4.79 Å². The fraction of sp³-hybridized carbons (Fsp3) is 0.500. The smallest absolute Gasteiger partial charge is 0.257 e. The van der Waals surface area contributed by atoms with Gasteiger partial charge in [0.05, 0.1) is 11.6 Å². The van der Waals surface area contributed by atoms with Crippen LogP contribution in [0.15, 0.2) is 16.6 Å². The predicted octanol–water partition coefficient (Wildman–Crippen LogP) is 1.86. The number of hydrogen-bond acceptors (Lipinski definition) is 4. The van der Waals surface area contributed by atoms with Crippen molar-refractivity contribution in [1.82, 2.24) is 5.32 Å². The Hall–Kier alpha value is -1.27. The Bertz CT molecular complexity index is 464. The molecule has 0 heterocycles. The van der Waals surface area contributed by atoms with E-state index in [1.807, 2.05) is 26.0 Å². The summed E-state index contributed by atoms with van der Waals surface area (Å²) in [7, 11) is 1.57. The van der Waals surface area contributed by atoms with Crippen LogP contribution in [-0.4, -0.2) is 32.2 Å². The van der Waals surface area contributed by atoms with Gasteiger partial charge >= 0.3 is 0 Å². The summed E-state index contributed by atoms with van der Waals surface area (Å²) in [6, 6.07) is 3.87. The van der Waals surface area contributed by atoms with E-state index < -0.39 is 0 Å². The molecule has 1 unspecified atom stereocenters. The van der Waals surface area contributed by atoms with Crippen LogP contribution in [0.4, 0.5) is 0 Å². The molecule has 1 aromatic rings. The van der Waals surface area contributed by atoms with Gasteiger partial charge in [-0.1, -0.05) is 0 Å². The van der Waals surface area contributed by atoms with Crippen molar-refractivity contribution in [1.29, 1.82) is 0 Å². The minimum atomic E-state index is -0.166. The maximum atomic E-state index is 11.4. The summed E-state index contributed by atoms with van der Waals surface area (Å²) in [4.78, 5) is 11.4. The topological polar surface area (TPSA) is 73.6 Å². The van der Waals surface area contributed by atoms with E-state index in [0.29, 0.717) is 18.0 Å². The first-order valence-corrected chi connectivity index (χ1v) is 7.28. The normalized spacial score (nSPS) is 11.8. The molecule has 1 amide bonds. The first kappa shape index (κ1) is 16.8. The molecule has 0 aliphatic carbocycles. The lowest BCUT2D eigenvalue weighted by Gasteiger charge is -2.15. The van der Waals surface area contributed by atoms with Crippen molar-refractivity contribution in [2.75, 3.05) is 20.3 Å². The minimum absolute atomic E-state index is 0.0462. The average molecular weight is 345 g/mol. The van der Waals surface area contributed by atoms with Crippen LogP contribution in [0.25, 0.3) is 0 Å². The SMILES string of the molecule is CCNC(=O)COc1c(Br)cc(CC(C)N)cc1OC. The van der Waals surface area contributed by atoms with Gasteiger partial charge in [0.2, 0.25) is 0 Å². The number of amides is 1. The highest BCUT2D eigenvalue weighted by Gasteiger charge is 2.14. The van der Waals surface area contributed by atoms with Crippen molar-refractivity contribution in [3.05, 3.63) is 22.2 Å². The maximum Gasteiger partial charge on any atom is 0.257 e. The van der Waals surface area contributed by atoms with Crippen LogP contribution in [-0.2, 0) is 11.2 Å². The second-order valence-corrected chi connectivity index (χ2v) is 5.39. The number of nitrogens with two attached hydrogens (primary N) is 1. The van der Waals surface area contributed by atoms with Crippen molar-refractivity contribution >= 4 is 21.8 Å². The third-order valence-corrected chi connectivity index (χ3v) is 3.16. The van der Waals surface area contributed by atoms with Gasteiger partial charge in [-0.25, -0.2) is 0 Å². The zero-order valence-electron chi connectivity index (χ0n) is 12.0. The summed E-state index contributed by atoms with van der Waals surface area (Å²) in [5.41, 5.74) is 6.85. The Kier molecular flexibility index (Phi) is 6.81. The molecule has 1 aromatic carbocycles. The Morgan fingerprint density at radius 3 is 2.75 bits per heavy atom. The van der Waals surface area contributed by atoms with Crippen molar-refractivity contribution in [2.24, 2.45) is 5.73 Å². The molecule has 6 heteroatoms. The van der Waals surface area contributed by atoms with Gasteiger partial charge in [-0.05, 0) is 53.9 Å².